The molecule has 5 heteroatoms. The number of carbonyl (C=O) groups is 1. The molecule has 0 aromatic carbocycles. The molecule has 0 saturated carbocycles. The molecule has 2 aromatic rings. The van der Waals surface area contributed by atoms with Crippen molar-refractivity contribution in [2.45, 2.75) is 25.9 Å². The fraction of sp³-hybridized carbons (Fsp3) is 0.286. The molecule has 0 radical (unpaired) electrons. The van der Waals surface area contributed by atoms with Gasteiger partial charge in [-0.15, -0.1) is 0 Å². The fourth-order valence-corrected chi connectivity index (χ4v) is 1.86. The van der Waals surface area contributed by atoms with Crippen molar-refractivity contribution in [1.82, 2.24) is 4.98 Å². The number of ether oxygens (including phenoxy) is 1. The van der Waals surface area contributed by atoms with Crippen LogP contribution in [0.1, 0.15) is 30.6 Å². The van der Waals surface area contributed by atoms with Crippen molar-refractivity contribution in [3.8, 4) is 5.75 Å². The average Bonchev–Trinajstić information content (AvgIpc) is 2.91. The van der Waals surface area contributed by atoms with E-state index in [2.05, 4.69) is 4.98 Å². The lowest BCUT2D eigenvalue weighted by Gasteiger charge is -2.14. The maximum absolute atomic E-state index is 11.2. The maximum atomic E-state index is 11.2. The first kappa shape index (κ1) is 13.1. The number of hydrogen-bond acceptors (Lipinski definition) is 4. The van der Waals surface area contributed by atoms with Crippen molar-refractivity contribution in [1.29, 1.82) is 0 Å². The molecule has 0 aliphatic heterocycles. The Kier molecular flexibility index (Phi) is 4.18. The van der Waals surface area contributed by atoms with E-state index in [0.29, 0.717) is 23.5 Å². The van der Waals surface area contributed by atoms with Crippen LogP contribution in [0.2, 0.25) is 0 Å². The van der Waals surface area contributed by atoms with Crippen molar-refractivity contribution in [3.63, 3.8) is 0 Å². The van der Waals surface area contributed by atoms with Gasteiger partial charge in [-0.3, -0.25) is 9.78 Å². The lowest BCUT2D eigenvalue weighted by Crippen LogP contribution is -2.12. The number of rotatable bonds is 6. The molecule has 5 nitrogen and oxygen atoms in total. The highest BCUT2D eigenvalue weighted by atomic mass is 16.5. The summed E-state index contributed by atoms with van der Waals surface area (Å²) in [4.78, 5) is 15.2. The van der Waals surface area contributed by atoms with Gasteiger partial charge in [-0.1, -0.05) is 6.92 Å². The molecule has 19 heavy (non-hydrogen) atoms. The van der Waals surface area contributed by atoms with E-state index < -0.39 is 11.9 Å². The zero-order valence-corrected chi connectivity index (χ0v) is 10.6. The summed E-state index contributed by atoms with van der Waals surface area (Å²) in [5, 5.41) is 9.20. The number of hydrogen-bond donors (Lipinski definition) is 1. The van der Waals surface area contributed by atoms with Crippen molar-refractivity contribution in [2.24, 2.45) is 0 Å². The average molecular weight is 261 g/mol. The molecule has 0 fully saturated rings. The quantitative estimate of drug-likeness (QED) is 0.865. The number of nitrogens with zero attached hydrogens (tertiary/aromatic N) is 1. The van der Waals surface area contributed by atoms with Gasteiger partial charge in [0.05, 0.1) is 12.2 Å². The summed E-state index contributed by atoms with van der Waals surface area (Å²) in [6.07, 6.45) is 5.17. The third kappa shape index (κ3) is 3.13. The summed E-state index contributed by atoms with van der Waals surface area (Å²) >= 11 is 0. The molecule has 1 atom stereocenters. The first-order valence-corrected chi connectivity index (χ1v) is 6.04. The van der Waals surface area contributed by atoms with E-state index in [0.717, 1.165) is 0 Å². The number of carboxylic acid groups (broad SMARTS) is 1. The van der Waals surface area contributed by atoms with E-state index in [4.69, 9.17) is 9.15 Å². The predicted molar refractivity (Wildman–Crippen MR) is 67.9 cm³/mol. The van der Waals surface area contributed by atoms with Crippen molar-refractivity contribution in [3.05, 3.63) is 48.2 Å². The molecule has 100 valence electrons. The monoisotopic (exact) mass is 261 g/mol. The first-order valence-electron chi connectivity index (χ1n) is 6.04. The summed E-state index contributed by atoms with van der Waals surface area (Å²) in [6.45, 7) is 2.09. The summed E-state index contributed by atoms with van der Waals surface area (Å²) < 4.78 is 10.8. The van der Waals surface area contributed by atoms with Crippen LogP contribution < -0.4 is 4.74 Å². The zero-order chi connectivity index (χ0) is 13.7. The largest absolute Gasteiger partial charge is 0.485 e. The van der Waals surface area contributed by atoms with E-state index in [9.17, 15) is 9.90 Å². The summed E-state index contributed by atoms with van der Waals surface area (Å²) in [7, 11) is 0. The van der Waals surface area contributed by atoms with Crippen LogP contribution in [-0.2, 0) is 11.4 Å². The normalized spacial score (nSPS) is 12.1. The lowest BCUT2D eigenvalue weighted by molar-refractivity contribution is -0.138. The van der Waals surface area contributed by atoms with Crippen LogP contribution in [0.5, 0.6) is 5.75 Å². The van der Waals surface area contributed by atoms with Crippen molar-refractivity contribution >= 4 is 5.97 Å². The van der Waals surface area contributed by atoms with Crippen LogP contribution in [0.15, 0.2) is 41.3 Å². The first-order chi connectivity index (χ1) is 9.22. The van der Waals surface area contributed by atoms with Gasteiger partial charge >= 0.3 is 5.97 Å². The fourth-order valence-electron chi connectivity index (χ4n) is 1.86. The predicted octanol–water partition coefficient (Wildman–Crippen LogP) is 2.83. The van der Waals surface area contributed by atoms with E-state index in [1.54, 1.807) is 36.9 Å². The third-order valence-corrected chi connectivity index (χ3v) is 2.84. The molecule has 0 aliphatic carbocycles. The van der Waals surface area contributed by atoms with Gasteiger partial charge in [-0.05, 0) is 24.6 Å². The minimum absolute atomic E-state index is 0.264. The number of carboxylic acids is 1. The zero-order valence-electron chi connectivity index (χ0n) is 10.6. The van der Waals surface area contributed by atoms with Crippen LogP contribution in [0.4, 0.5) is 0 Å². The Balaban J connectivity index is 2.18. The molecule has 1 N–H and O–H groups in total. The summed E-state index contributed by atoms with van der Waals surface area (Å²) in [5.41, 5.74) is 0.587. The van der Waals surface area contributed by atoms with Crippen LogP contribution in [0.3, 0.4) is 0 Å². The van der Waals surface area contributed by atoms with E-state index >= 15 is 0 Å². The second-order valence-corrected chi connectivity index (χ2v) is 4.08. The molecule has 2 aromatic heterocycles. The Morgan fingerprint density at radius 3 is 3.00 bits per heavy atom. The van der Waals surface area contributed by atoms with E-state index in [-0.39, 0.29) is 6.61 Å². The minimum Gasteiger partial charge on any atom is -0.485 e. The lowest BCUT2D eigenvalue weighted by atomic mass is 9.97. The Morgan fingerprint density at radius 2 is 2.37 bits per heavy atom. The van der Waals surface area contributed by atoms with Gasteiger partial charge < -0.3 is 14.3 Å². The Morgan fingerprint density at radius 1 is 1.53 bits per heavy atom. The standard InChI is InChI=1S/C14H15NO4/c1-2-11(14(16)17)12-8-15-6-5-13(12)19-9-10-4-3-7-18-10/h3-8,11H,2,9H2,1H3,(H,16,17). The van der Waals surface area contributed by atoms with Gasteiger partial charge in [-0.2, -0.15) is 0 Å². The number of aliphatic carboxylic acids is 1. The highest BCUT2D eigenvalue weighted by Crippen LogP contribution is 2.28. The SMILES string of the molecule is CCC(C(=O)O)c1cnccc1OCc1ccco1. The minimum atomic E-state index is -0.877. The van der Waals surface area contributed by atoms with E-state index in [1.807, 2.05) is 6.92 Å². The maximum Gasteiger partial charge on any atom is 0.311 e. The van der Waals surface area contributed by atoms with Gasteiger partial charge in [-0.25, -0.2) is 0 Å². The number of pyridine rings is 1. The number of furan rings is 1. The molecule has 0 amide bonds. The Hall–Kier alpha value is -2.30. The molecule has 2 rings (SSSR count). The van der Waals surface area contributed by atoms with Crippen LogP contribution in [0, 0.1) is 0 Å². The Labute approximate surface area is 110 Å². The highest BCUT2D eigenvalue weighted by molar-refractivity contribution is 5.76. The molecule has 0 saturated heterocycles. The summed E-state index contributed by atoms with van der Waals surface area (Å²) in [5.74, 6) is -0.273. The van der Waals surface area contributed by atoms with Gasteiger partial charge in [0.15, 0.2) is 0 Å². The molecular weight excluding hydrogens is 246 g/mol. The van der Waals surface area contributed by atoms with Gasteiger partial charge in [0.1, 0.15) is 18.1 Å². The molecule has 0 spiro atoms. The smallest absolute Gasteiger partial charge is 0.311 e. The van der Waals surface area contributed by atoms with Crippen molar-refractivity contribution in [2.75, 3.05) is 0 Å². The molecule has 0 aliphatic rings. The molecule has 2 heterocycles. The van der Waals surface area contributed by atoms with Crippen LogP contribution in [0.25, 0.3) is 0 Å². The van der Waals surface area contributed by atoms with E-state index in [1.165, 1.54) is 0 Å². The van der Waals surface area contributed by atoms with Gasteiger partial charge in [0.2, 0.25) is 0 Å². The molecule has 0 bridgehead atoms. The van der Waals surface area contributed by atoms with Crippen LogP contribution in [-0.4, -0.2) is 16.1 Å². The highest BCUT2D eigenvalue weighted by Gasteiger charge is 2.21. The third-order valence-electron chi connectivity index (χ3n) is 2.84. The topological polar surface area (TPSA) is 72.6 Å². The van der Waals surface area contributed by atoms with Gasteiger partial charge in [0.25, 0.3) is 0 Å². The van der Waals surface area contributed by atoms with Crippen LogP contribution >= 0.6 is 0 Å². The second-order valence-electron chi connectivity index (χ2n) is 4.08. The van der Waals surface area contributed by atoms with Gasteiger partial charge in [0, 0.05) is 18.0 Å². The van der Waals surface area contributed by atoms with Crippen molar-refractivity contribution < 1.29 is 19.1 Å². The second kappa shape index (κ2) is 6.04. The molecular formula is C14H15NO4. The molecule has 1 unspecified atom stereocenters. The Bertz CT molecular complexity index is 536. The summed E-state index contributed by atoms with van der Waals surface area (Å²) in [6, 6.07) is 5.25. The number of aromatic nitrogens is 1.